The fraction of sp³-hybridized carbons (Fsp3) is 0.222. The maximum Gasteiger partial charge on any atom is 0.262 e. The first kappa shape index (κ1) is 17.9. The second kappa shape index (κ2) is 7.57. The Morgan fingerprint density at radius 1 is 1.27 bits per heavy atom. The molecule has 0 saturated carbocycles. The number of nitrogens with zero attached hydrogens (tertiary/aromatic N) is 2. The van der Waals surface area contributed by atoms with Crippen LogP contribution in [0.25, 0.3) is 0 Å². The summed E-state index contributed by atoms with van der Waals surface area (Å²) in [5, 5.41) is 10.1. The second-order valence-corrected chi connectivity index (χ2v) is 7.37. The smallest absolute Gasteiger partial charge is 0.262 e. The van der Waals surface area contributed by atoms with E-state index in [1.807, 2.05) is 0 Å². The van der Waals surface area contributed by atoms with Crippen LogP contribution in [0.15, 0.2) is 57.3 Å². The lowest BCUT2D eigenvalue weighted by Gasteiger charge is -2.08. The minimum absolute atomic E-state index is 0.0246. The van der Waals surface area contributed by atoms with Crippen LogP contribution < -0.4 is 9.46 Å². The molecule has 0 aliphatic carbocycles. The zero-order chi connectivity index (χ0) is 18.6. The first-order valence-corrected chi connectivity index (χ1v) is 9.54. The summed E-state index contributed by atoms with van der Waals surface area (Å²) in [6.07, 6.45) is 2.94. The second-order valence-electron chi connectivity index (χ2n) is 5.69. The molecular weight excluding hydrogens is 354 g/mol. The highest BCUT2D eigenvalue weighted by molar-refractivity contribution is 7.90. The van der Waals surface area contributed by atoms with E-state index in [1.54, 1.807) is 30.3 Å². The maximum absolute atomic E-state index is 12.5. The molecule has 136 valence electrons. The number of phenolic OH excluding ortho intramolecular Hbond substituents is 1. The van der Waals surface area contributed by atoms with Crippen LogP contribution in [0.4, 0.5) is 5.69 Å². The molecular formula is C18H19N3O4S. The highest BCUT2D eigenvalue weighted by Gasteiger charge is 2.18. The highest BCUT2D eigenvalue weighted by atomic mass is 32.2. The summed E-state index contributed by atoms with van der Waals surface area (Å²) in [5.41, 5.74) is 0.916. The van der Waals surface area contributed by atoms with Gasteiger partial charge in [0.05, 0.1) is 17.7 Å². The van der Waals surface area contributed by atoms with Gasteiger partial charge in [-0.2, -0.15) is 0 Å². The van der Waals surface area contributed by atoms with Gasteiger partial charge < -0.3 is 9.84 Å². The monoisotopic (exact) mass is 373 g/mol. The molecule has 2 N–H and O–H groups in total. The largest absolute Gasteiger partial charge is 0.504 e. The van der Waals surface area contributed by atoms with Gasteiger partial charge in [0, 0.05) is 24.7 Å². The Bertz CT molecular complexity index is 968. The average Bonchev–Trinajstić information content (AvgIpc) is 3.13. The predicted octanol–water partition coefficient (Wildman–Crippen LogP) is 2.62. The highest BCUT2D eigenvalue weighted by Crippen LogP contribution is 2.28. The van der Waals surface area contributed by atoms with Crippen LogP contribution in [0, 0.1) is 0 Å². The van der Waals surface area contributed by atoms with Gasteiger partial charge in [-0.15, -0.1) is 0 Å². The van der Waals surface area contributed by atoms with Crippen LogP contribution in [0.1, 0.15) is 18.4 Å². The molecule has 0 unspecified atom stereocenters. The van der Waals surface area contributed by atoms with Crippen LogP contribution in [0.5, 0.6) is 11.5 Å². The fourth-order valence-corrected chi connectivity index (χ4v) is 3.65. The van der Waals surface area contributed by atoms with Gasteiger partial charge in [-0.1, -0.05) is 12.1 Å². The Hall–Kier alpha value is -2.87. The molecule has 0 bridgehead atoms. The Kier molecular flexibility index (Phi) is 5.22. The molecule has 2 aromatic carbocycles. The van der Waals surface area contributed by atoms with Crippen molar-refractivity contribution in [2.24, 2.45) is 9.98 Å². The fourth-order valence-electron chi connectivity index (χ4n) is 2.52. The third-order valence-electron chi connectivity index (χ3n) is 3.86. The van der Waals surface area contributed by atoms with Gasteiger partial charge in [-0.05, 0) is 36.8 Å². The van der Waals surface area contributed by atoms with E-state index in [4.69, 9.17) is 4.74 Å². The molecule has 0 spiro atoms. The molecule has 0 aromatic heterocycles. The van der Waals surface area contributed by atoms with Gasteiger partial charge in [-0.25, -0.2) is 8.42 Å². The summed E-state index contributed by atoms with van der Waals surface area (Å²) in [5.74, 6) is 0.801. The summed E-state index contributed by atoms with van der Waals surface area (Å²) in [7, 11) is -2.23. The van der Waals surface area contributed by atoms with E-state index < -0.39 is 10.0 Å². The van der Waals surface area contributed by atoms with Crippen molar-refractivity contribution in [3.05, 3.63) is 48.0 Å². The number of hydrogen-bond donors (Lipinski definition) is 2. The summed E-state index contributed by atoms with van der Waals surface area (Å²) < 4.78 is 32.5. The van der Waals surface area contributed by atoms with E-state index in [1.165, 1.54) is 25.5 Å². The molecule has 8 heteroatoms. The molecule has 0 radical (unpaired) electrons. The minimum Gasteiger partial charge on any atom is -0.504 e. The summed E-state index contributed by atoms with van der Waals surface area (Å²) in [4.78, 5) is 8.49. The number of phenols is 1. The van der Waals surface area contributed by atoms with Crippen LogP contribution in [0.2, 0.25) is 0 Å². The molecule has 1 aliphatic heterocycles. The van der Waals surface area contributed by atoms with E-state index in [-0.39, 0.29) is 10.6 Å². The summed E-state index contributed by atoms with van der Waals surface area (Å²) >= 11 is 0. The lowest BCUT2D eigenvalue weighted by atomic mass is 10.2. The van der Waals surface area contributed by atoms with Crippen LogP contribution in [-0.2, 0) is 10.0 Å². The molecule has 0 atom stereocenters. The van der Waals surface area contributed by atoms with Crippen LogP contribution >= 0.6 is 0 Å². The lowest BCUT2D eigenvalue weighted by Crippen LogP contribution is -2.29. The molecule has 0 fully saturated rings. The van der Waals surface area contributed by atoms with E-state index in [0.29, 0.717) is 35.8 Å². The van der Waals surface area contributed by atoms with E-state index in [9.17, 15) is 13.5 Å². The number of amidine groups is 1. The van der Waals surface area contributed by atoms with E-state index in [2.05, 4.69) is 14.7 Å². The van der Waals surface area contributed by atoms with Gasteiger partial charge in [0.2, 0.25) is 0 Å². The van der Waals surface area contributed by atoms with Crippen molar-refractivity contribution in [2.45, 2.75) is 17.7 Å². The minimum atomic E-state index is -3.69. The number of methoxy groups -OCH3 is 1. The molecule has 1 aliphatic rings. The Balaban J connectivity index is 1.83. The van der Waals surface area contributed by atoms with Gasteiger partial charge in [0.15, 0.2) is 11.5 Å². The number of nitrogens with one attached hydrogen (secondary N) is 1. The van der Waals surface area contributed by atoms with Crippen molar-refractivity contribution in [3.63, 3.8) is 0 Å². The molecule has 0 saturated heterocycles. The Labute approximate surface area is 152 Å². The standard InChI is InChI=1S/C18H19N3O4S/c1-25-16-8-2-5-13(18(16)22)12-20-14-6-3-7-15(11-14)26(23,24)21-17-9-4-10-19-17/h2-3,5-8,11-12,22H,4,9-10H2,1H3,(H,19,21). The van der Waals surface area contributed by atoms with Gasteiger partial charge in [0.25, 0.3) is 10.0 Å². The van der Waals surface area contributed by atoms with Gasteiger partial charge >= 0.3 is 0 Å². The third kappa shape index (κ3) is 4.02. The molecule has 3 rings (SSSR count). The molecule has 0 amide bonds. The van der Waals surface area contributed by atoms with Crippen molar-refractivity contribution < 1.29 is 18.3 Å². The number of ether oxygens (including phenoxy) is 1. The SMILES string of the molecule is COc1cccc(C=Nc2cccc(S(=O)(=O)NC3=NCCC3)c2)c1O. The Morgan fingerprint density at radius 2 is 2.08 bits per heavy atom. The average molecular weight is 373 g/mol. The quantitative estimate of drug-likeness (QED) is 0.787. The first-order chi connectivity index (χ1) is 12.5. The van der Waals surface area contributed by atoms with Crippen LogP contribution in [0.3, 0.4) is 0 Å². The zero-order valence-electron chi connectivity index (χ0n) is 14.2. The number of aromatic hydroxyl groups is 1. The summed E-state index contributed by atoms with van der Waals surface area (Å²) in [6, 6.07) is 11.3. The number of aliphatic imine (C=N–C) groups is 2. The van der Waals surface area contributed by atoms with Crippen molar-refractivity contribution in [1.82, 2.24) is 4.72 Å². The van der Waals surface area contributed by atoms with Crippen LogP contribution in [-0.4, -0.2) is 39.2 Å². The van der Waals surface area contributed by atoms with E-state index >= 15 is 0 Å². The molecule has 2 aromatic rings. The first-order valence-electron chi connectivity index (χ1n) is 8.06. The molecule has 1 heterocycles. The number of rotatable bonds is 5. The van der Waals surface area contributed by atoms with Crippen molar-refractivity contribution in [2.75, 3.05) is 13.7 Å². The number of sulfonamides is 1. The van der Waals surface area contributed by atoms with Crippen molar-refractivity contribution in [3.8, 4) is 11.5 Å². The van der Waals surface area contributed by atoms with Crippen molar-refractivity contribution >= 4 is 27.8 Å². The van der Waals surface area contributed by atoms with Crippen molar-refractivity contribution in [1.29, 1.82) is 0 Å². The third-order valence-corrected chi connectivity index (χ3v) is 5.24. The lowest BCUT2D eigenvalue weighted by molar-refractivity contribution is 0.373. The molecule has 26 heavy (non-hydrogen) atoms. The Morgan fingerprint density at radius 3 is 2.81 bits per heavy atom. The van der Waals surface area contributed by atoms with E-state index in [0.717, 1.165) is 6.42 Å². The number of para-hydroxylation sites is 1. The van der Waals surface area contributed by atoms with Gasteiger partial charge in [0.1, 0.15) is 5.84 Å². The predicted molar refractivity (Wildman–Crippen MR) is 100 cm³/mol. The maximum atomic E-state index is 12.5. The topological polar surface area (TPSA) is 100 Å². The normalized spacial score (nSPS) is 14.4. The number of hydrogen-bond acceptors (Lipinski definition) is 6. The zero-order valence-corrected chi connectivity index (χ0v) is 15.0. The van der Waals surface area contributed by atoms with Gasteiger partial charge in [-0.3, -0.25) is 14.7 Å². The summed E-state index contributed by atoms with van der Waals surface area (Å²) in [6.45, 7) is 0.645. The molecule has 7 nitrogen and oxygen atoms in total. The number of benzene rings is 2.